The van der Waals surface area contributed by atoms with Crippen LogP contribution in [0.3, 0.4) is 0 Å². The smallest absolute Gasteiger partial charge is 0.247 e. The van der Waals surface area contributed by atoms with E-state index in [1.807, 2.05) is 30.5 Å². The number of carbonyl (C=O) groups is 1. The molecule has 0 unspecified atom stereocenters. The molecule has 1 rings (SSSR count). The maximum Gasteiger partial charge on any atom is 0.247 e. The summed E-state index contributed by atoms with van der Waals surface area (Å²) >= 11 is 1.64. The number of benzene rings is 1. The van der Waals surface area contributed by atoms with Gasteiger partial charge in [-0.25, -0.2) is 0 Å². The van der Waals surface area contributed by atoms with Gasteiger partial charge < -0.3 is 5.32 Å². The van der Waals surface area contributed by atoms with Gasteiger partial charge in [0.15, 0.2) is 0 Å². The van der Waals surface area contributed by atoms with E-state index >= 15 is 0 Å². The highest BCUT2D eigenvalue weighted by molar-refractivity contribution is 7.98. The average Bonchev–Trinajstić information content (AvgIpc) is 2.18. The molecule has 0 spiro atoms. The number of nitrogens with one attached hydrogen (secondary N) is 1. The van der Waals surface area contributed by atoms with Gasteiger partial charge in [-0.2, -0.15) is 0 Å². The third kappa shape index (κ3) is 2.95. The maximum atomic E-state index is 10.9. The fraction of sp³-hybridized carbons (Fsp3) is 0.100. The summed E-state index contributed by atoms with van der Waals surface area (Å²) in [5.74, 6) is -0.182. The highest BCUT2D eigenvalue weighted by atomic mass is 32.2. The molecule has 1 N–H and O–H groups in total. The molecule has 0 atom stereocenters. The Labute approximate surface area is 82.0 Å². The Balaban J connectivity index is 2.77. The van der Waals surface area contributed by atoms with E-state index in [2.05, 4.69) is 11.9 Å². The molecule has 68 valence electrons. The Morgan fingerprint density at radius 2 is 2.38 bits per heavy atom. The van der Waals surface area contributed by atoms with Crippen molar-refractivity contribution in [3.8, 4) is 0 Å². The van der Waals surface area contributed by atoms with Crippen LogP contribution in [0.15, 0.2) is 41.8 Å². The first-order valence-corrected chi connectivity index (χ1v) is 5.06. The van der Waals surface area contributed by atoms with Crippen LogP contribution in [-0.2, 0) is 4.79 Å². The molecule has 0 aromatic heterocycles. The number of rotatable bonds is 3. The molecule has 0 aliphatic rings. The molecule has 13 heavy (non-hydrogen) atoms. The van der Waals surface area contributed by atoms with Gasteiger partial charge in [0.25, 0.3) is 0 Å². The second-order valence-electron chi connectivity index (χ2n) is 2.43. The Morgan fingerprint density at radius 1 is 1.62 bits per heavy atom. The summed E-state index contributed by atoms with van der Waals surface area (Å²) in [5, 5.41) is 2.70. The Morgan fingerprint density at radius 3 is 3.00 bits per heavy atom. The van der Waals surface area contributed by atoms with Crippen LogP contribution in [0.25, 0.3) is 0 Å². The lowest BCUT2D eigenvalue weighted by molar-refractivity contribution is -0.111. The van der Waals surface area contributed by atoms with E-state index in [9.17, 15) is 4.79 Å². The van der Waals surface area contributed by atoms with Crippen molar-refractivity contribution in [1.82, 2.24) is 0 Å². The average molecular weight is 193 g/mol. The predicted octanol–water partition coefficient (Wildman–Crippen LogP) is 2.53. The molecule has 1 amide bonds. The minimum Gasteiger partial charge on any atom is -0.322 e. The first kappa shape index (κ1) is 9.86. The molecule has 0 saturated heterocycles. The van der Waals surface area contributed by atoms with Crippen molar-refractivity contribution in [3.63, 3.8) is 0 Å². The maximum absolute atomic E-state index is 10.9. The van der Waals surface area contributed by atoms with Gasteiger partial charge >= 0.3 is 0 Å². The molecule has 1 aromatic rings. The van der Waals surface area contributed by atoms with Crippen molar-refractivity contribution in [2.75, 3.05) is 11.6 Å². The van der Waals surface area contributed by atoms with Gasteiger partial charge in [-0.05, 0) is 30.5 Å². The highest BCUT2D eigenvalue weighted by Crippen LogP contribution is 2.18. The molecular formula is C10H11NOS. The summed E-state index contributed by atoms with van der Waals surface area (Å²) in [6.45, 7) is 3.38. The summed E-state index contributed by atoms with van der Waals surface area (Å²) in [6.07, 6.45) is 3.25. The molecule has 1 aromatic carbocycles. The molecular weight excluding hydrogens is 182 g/mol. The van der Waals surface area contributed by atoms with Crippen molar-refractivity contribution in [3.05, 3.63) is 36.9 Å². The minimum atomic E-state index is -0.182. The standard InChI is InChI=1S/C10H11NOS/c1-3-10(12)11-8-5-4-6-9(7-8)13-2/h3-7H,1H2,2H3,(H,11,12). The number of thioether (sulfide) groups is 1. The Hall–Kier alpha value is -1.22. The predicted molar refractivity (Wildman–Crippen MR) is 57.0 cm³/mol. The largest absolute Gasteiger partial charge is 0.322 e. The summed E-state index contributed by atoms with van der Waals surface area (Å²) in [5.41, 5.74) is 0.803. The van der Waals surface area contributed by atoms with Crippen molar-refractivity contribution in [1.29, 1.82) is 0 Å². The molecule has 2 nitrogen and oxygen atoms in total. The summed E-state index contributed by atoms with van der Waals surface area (Å²) in [6, 6.07) is 7.67. The monoisotopic (exact) mass is 193 g/mol. The lowest BCUT2D eigenvalue weighted by Crippen LogP contribution is -2.06. The van der Waals surface area contributed by atoms with Crippen LogP contribution >= 0.6 is 11.8 Å². The fourth-order valence-electron chi connectivity index (χ4n) is 0.894. The van der Waals surface area contributed by atoms with Gasteiger partial charge in [-0.1, -0.05) is 12.6 Å². The second kappa shape index (κ2) is 4.72. The normalized spacial score (nSPS) is 9.31. The van der Waals surface area contributed by atoms with Gasteiger partial charge in [0, 0.05) is 10.6 Å². The molecule has 0 saturated carbocycles. The molecule has 0 radical (unpaired) electrons. The van der Waals surface area contributed by atoms with Gasteiger partial charge in [0.05, 0.1) is 0 Å². The quantitative estimate of drug-likeness (QED) is 0.590. The van der Waals surface area contributed by atoms with Gasteiger partial charge in [0.1, 0.15) is 0 Å². The van der Waals surface area contributed by atoms with Gasteiger partial charge in [-0.15, -0.1) is 11.8 Å². The lowest BCUT2D eigenvalue weighted by Gasteiger charge is -2.03. The van der Waals surface area contributed by atoms with E-state index in [1.165, 1.54) is 6.08 Å². The zero-order chi connectivity index (χ0) is 9.68. The number of amides is 1. The van der Waals surface area contributed by atoms with Crippen molar-refractivity contribution < 1.29 is 4.79 Å². The third-order valence-corrected chi connectivity index (χ3v) is 2.25. The number of hydrogen-bond acceptors (Lipinski definition) is 2. The molecule has 0 fully saturated rings. The topological polar surface area (TPSA) is 29.1 Å². The first-order chi connectivity index (χ1) is 6.26. The van der Waals surface area contributed by atoms with E-state index in [0.717, 1.165) is 10.6 Å². The van der Waals surface area contributed by atoms with Crippen LogP contribution in [0.5, 0.6) is 0 Å². The molecule has 0 heterocycles. The van der Waals surface area contributed by atoms with E-state index in [0.29, 0.717) is 0 Å². The van der Waals surface area contributed by atoms with Crippen LogP contribution in [0.1, 0.15) is 0 Å². The number of anilines is 1. The van der Waals surface area contributed by atoms with Crippen molar-refractivity contribution in [2.45, 2.75) is 4.90 Å². The second-order valence-corrected chi connectivity index (χ2v) is 3.30. The summed E-state index contributed by atoms with van der Waals surface area (Å²) < 4.78 is 0. The Bertz CT molecular complexity index is 322. The SMILES string of the molecule is C=CC(=O)Nc1cccc(SC)c1. The first-order valence-electron chi connectivity index (χ1n) is 3.83. The van der Waals surface area contributed by atoms with Crippen LogP contribution in [0.4, 0.5) is 5.69 Å². The highest BCUT2D eigenvalue weighted by Gasteiger charge is 1.97. The van der Waals surface area contributed by atoms with E-state index in [-0.39, 0.29) is 5.91 Å². The van der Waals surface area contributed by atoms with Gasteiger partial charge in [-0.3, -0.25) is 4.79 Å². The van der Waals surface area contributed by atoms with Crippen LogP contribution < -0.4 is 5.32 Å². The number of carbonyl (C=O) groups excluding carboxylic acids is 1. The minimum absolute atomic E-state index is 0.182. The number of hydrogen-bond donors (Lipinski definition) is 1. The van der Waals surface area contributed by atoms with Gasteiger partial charge in [0.2, 0.25) is 5.91 Å². The van der Waals surface area contributed by atoms with E-state index < -0.39 is 0 Å². The van der Waals surface area contributed by atoms with Crippen LogP contribution in [0.2, 0.25) is 0 Å². The molecule has 3 heteroatoms. The third-order valence-electron chi connectivity index (χ3n) is 1.52. The van der Waals surface area contributed by atoms with E-state index in [4.69, 9.17) is 0 Å². The van der Waals surface area contributed by atoms with Crippen LogP contribution in [0, 0.1) is 0 Å². The molecule has 0 aliphatic heterocycles. The Kier molecular flexibility index (Phi) is 3.58. The van der Waals surface area contributed by atoms with E-state index in [1.54, 1.807) is 11.8 Å². The summed E-state index contributed by atoms with van der Waals surface area (Å²) in [4.78, 5) is 12.1. The zero-order valence-corrected chi connectivity index (χ0v) is 8.23. The summed E-state index contributed by atoms with van der Waals surface area (Å²) in [7, 11) is 0. The fourth-order valence-corrected chi connectivity index (χ4v) is 1.35. The van der Waals surface area contributed by atoms with Crippen LogP contribution in [-0.4, -0.2) is 12.2 Å². The lowest BCUT2D eigenvalue weighted by atomic mass is 10.3. The van der Waals surface area contributed by atoms with Crippen molar-refractivity contribution >= 4 is 23.4 Å². The van der Waals surface area contributed by atoms with Crippen molar-refractivity contribution in [2.24, 2.45) is 0 Å². The molecule has 0 bridgehead atoms. The molecule has 0 aliphatic carbocycles. The zero-order valence-electron chi connectivity index (χ0n) is 7.41.